The first-order valence-electron chi connectivity index (χ1n) is 12.4. The Hall–Kier alpha value is -4.94. The predicted octanol–water partition coefficient (Wildman–Crippen LogP) is 0.137. The minimum Gasteiger partial charge on any atom is -0.465 e. The first kappa shape index (κ1) is 31.3. The lowest BCUT2D eigenvalue weighted by Crippen LogP contribution is -2.56. The molecule has 40 heavy (non-hydrogen) atoms. The summed E-state index contributed by atoms with van der Waals surface area (Å²) in [6.45, 7) is 0.681. The highest BCUT2D eigenvalue weighted by Gasteiger charge is 2.28. The highest BCUT2D eigenvalue weighted by molar-refractivity contribution is 5.94. The highest BCUT2D eigenvalue weighted by Crippen LogP contribution is 2.15. The Morgan fingerprint density at radius 3 is 2.08 bits per heavy atom. The number of nitrogens with zero attached hydrogens (tertiary/aromatic N) is 3. The second-order valence-corrected chi connectivity index (χ2v) is 8.43. The number of benzene rings is 2. The van der Waals surface area contributed by atoms with Gasteiger partial charge in [-0.2, -0.15) is 0 Å². The van der Waals surface area contributed by atoms with E-state index in [1.807, 2.05) is 0 Å². The highest BCUT2D eigenvalue weighted by atomic mass is 16.5. The molecule has 0 bridgehead atoms. The van der Waals surface area contributed by atoms with Gasteiger partial charge in [-0.15, -0.1) is 0 Å². The molecule has 0 fully saturated rings. The monoisotopic (exact) mass is 552 g/mol. The van der Waals surface area contributed by atoms with Crippen LogP contribution in [0.5, 0.6) is 0 Å². The van der Waals surface area contributed by atoms with Crippen LogP contribution in [-0.4, -0.2) is 67.9 Å². The standard InChI is InChI=1S/C26H32N8O6/c1-2-40-24(37)16-30-25(38)20(12-17-6-4-3-5-7-17)32-26(39)21(31-23(36)15-29-22(35)14-27)13-18-8-10-19(11-9-18)33-34-28/h3-11,20-21H,2,12-16,27H2,1H3,(H,29,35)(H,30,38)(H,31,36)(H,32,39)/t20-,21-/m0/s1. The van der Waals surface area contributed by atoms with Gasteiger partial charge in [0, 0.05) is 23.4 Å². The Bertz CT molecular complexity index is 1220. The van der Waals surface area contributed by atoms with Crippen molar-refractivity contribution in [1.82, 2.24) is 21.3 Å². The van der Waals surface area contributed by atoms with Crippen molar-refractivity contribution in [3.05, 3.63) is 76.2 Å². The normalized spacial score (nSPS) is 11.7. The van der Waals surface area contributed by atoms with Gasteiger partial charge in [0.25, 0.3) is 0 Å². The molecule has 14 nitrogen and oxygen atoms in total. The lowest BCUT2D eigenvalue weighted by atomic mass is 10.0. The van der Waals surface area contributed by atoms with E-state index in [2.05, 4.69) is 31.3 Å². The van der Waals surface area contributed by atoms with E-state index in [0.29, 0.717) is 11.3 Å². The quantitative estimate of drug-likeness (QED) is 0.0889. The van der Waals surface area contributed by atoms with Gasteiger partial charge in [-0.05, 0) is 23.6 Å². The Morgan fingerprint density at radius 2 is 1.48 bits per heavy atom. The van der Waals surface area contributed by atoms with Crippen LogP contribution in [0.15, 0.2) is 59.7 Å². The number of nitrogens with one attached hydrogen (secondary N) is 4. The van der Waals surface area contributed by atoms with Gasteiger partial charge in [0.2, 0.25) is 23.6 Å². The number of azide groups is 1. The Balaban J connectivity index is 2.24. The smallest absolute Gasteiger partial charge is 0.325 e. The molecule has 14 heteroatoms. The van der Waals surface area contributed by atoms with Crippen LogP contribution in [0, 0.1) is 0 Å². The van der Waals surface area contributed by atoms with Crippen molar-refractivity contribution in [2.24, 2.45) is 10.8 Å². The second kappa shape index (κ2) is 16.8. The zero-order valence-electron chi connectivity index (χ0n) is 22.0. The average molecular weight is 553 g/mol. The number of amides is 4. The molecular weight excluding hydrogens is 520 g/mol. The zero-order chi connectivity index (χ0) is 29.3. The summed E-state index contributed by atoms with van der Waals surface area (Å²) in [4.78, 5) is 64.8. The molecule has 212 valence electrons. The molecule has 6 N–H and O–H groups in total. The summed E-state index contributed by atoms with van der Waals surface area (Å²) in [6, 6.07) is 13.0. The van der Waals surface area contributed by atoms with E-state index in [4.69, 9.17) is 16.0 Å². The lowest BCUT2D eigenvalue weighted by Gasteiger charge is -2.23. The summed E-state index contributed by atoms with van der Waals surface area (Å²) >= 11 is 0. The van der Waals surface area contributed by atoms with Crippen molar-refractivity contribution < 1.29 is 28.7 Å². The maximum atomic E-state index is 13.4. The van der Waals surface area contributed by atoms with E-state index < -0.39 is 48.2 Å². The molecule has 2 rings (SSSR count). The number of carbonyl (C=O) groups is 5. The number of esters is 1. The first-order chi connectivity index (χ1) is 19.2. The summed E-state index contributed by atoms with van der Waals surface area (Å²) in [7, 11) is 0. The molecular formula is C26H32N8O6. The Morgan fingerprint density at radius 1 is 0.850 bits per heavy atom. The van der Waals surface area contributed by atoms with Gasteiger partial charge in [0.05, 0.1) is 19.7 Å². The van der Waals surface area contributed by atoms with Crippen LogP contribution in [-0.2, 0) is 41.6 Å². The minimum absolute atomic E-state index is 0.0153. The first-order valence-corrected chi connectivity index (χ1v) is 12.4. The molecule has 0 heterocycles. The number of nitrogens with two attached hydrogens (primary N) is 1. The molecule has 2 aromatic rings. The summed E-state index contributed by atoms with van der Waals surface area (Å²) in [5.41, 5.74) is 15.6. The topological polar surface area (TPSA) is 217 Å². The fourth-order valence-corrected chi connectivity index (χ4v) is 3.52. The number of carbonyl (C=O) groups excluding carboxylic acids is 5. The molecule has 2 aromatic carbocycles. The van der Waals surface area contributed by atoms with E-state index >= 15 is 0 Å². The van der Waals surface area contributed by atoms with Crippen LogP contribution >= 0.6 is 0 Å². The van der Waals surface area contributed by atoms with Crippen molar-refractivity contribution >= 4 is 35.3 Å². The fourth-order valence-electron chi connectivity index (χ4n) is 3.52. The molecule has 0 saturated carbocycles. The summed E-state index contributed by atoms with van der Waals surface area (Å²) in [6.07, 6.45) is 0.122. The van der Waals surface area contributed by atoms with Crippen LogP contribution < -0.4 is 27.0 Å². The van der Waals surface area contributed by atoms with Crippen molar-refractivity contribution in [2.75, 3.05) is 26.2 Å². The summed E-state index contributed by atoms with van der Waals surface area (Å²) in [5, 5.41) is 13.5. The molecule has 0 radical (unpaired) electrons. The predicted molar refractivity (Wildman–Crippen MR) is 145 cm³/mol. The zero-order valence-corrected chi connectivity index (χ0v) is 22.0. The van der Waals surface area contributed by atoms with Crippen molar-refractivity contribution in [2.45, 2.75) is 31.8 Å². The molecule has 4 amide bonds. The van der Waals surface area contributed by atoms with Gasteiger partial charge in [-0.1, -0.05) is 59.7 Å². The van der Waals surface area contributed by atoms with Crippen LogP contribution in [0.1, 0.15) is 18.1 Å². The van der Waals surface area contributed by atoms with Crippen molar-refractivity contribution in [3.63, 3.8) is 0 Å². The van der Waals surface area contributed by atoms with Crippen molar-refractivity contribution in [3.8, 4) is 0 Å². The maximum Gasteiger partial charge on any atom is 0.325 e. The van der Waals surface area contributed by atoms with Gasteiger partial charge >= 0.3 is 5.97 Å². The molecule has 0 saturated heterocycles. The molecule has 2 atom stereocenters. The average Bonchev–Trinajstić information content (AvgIpc) is 2.95. The van der Waals surface area contributed by atoms with Gasteiger partial charge in [0.15, 0.2) is 0 Å². The second-order valence-electron chi connectivity index (χ2n) is 8.43. The van der Waals surface area contributed by atoms with E-state index in [9.17, 15) is 24.0 Å². The van der Waals surface area contributed by atoms with Crippen LogP contribution in [0.3, 0.4) is 0 Å². The number of rotatable bonds is 15. The number of ether oxygens (including phenoxy) is 1. The van der Waals surface area contributed by atoms with Gasteiger partial charge in [-0.3, -0.25) is 24.0 Å². The van der Waals surface area contributed by atoms with Gasteiger partial charge in [-0.25, -0.2) is 0 Å². The van der Waals surface area contributed by atoms with E-state index in [1.54, 1.807) is 61.5 Å². The van der Waals surface area contributed by atoms with Crippen LogP contribution in [0.25, 0.3) is 10.4 Å². The summed E-state index contributed by atoms with van der Waals surface area (Å²) < 4.78 is 4.84. The summed E-state index contributed by atoms with van der Waals surface area (Å²) in [5.74, 6) is -3.13. The van der Waals surface area contributed by atoms with Crippen LogP contribution in [0.2, 0.25) is 0 Å². The minimum atomic E-state index is -1.15. The molecule has 0 spiro atoms. The maximum absolute atomic E-state index is 13.4. The Kier molecular flexibility index (Phi) is 13.1. The molecule has 0 aliphatic carbocycles. The van der Waals surface area contributed by atoms with E-state index in [0.717, 1.165) is 5.56 Å². The molecule has 0 aromatic heterocycles. The third-order valence-corrected chi connectivity index (χ3v) is 5.45. The molecule has 0 aliphatic heterocycles. The molecule has 0 unspecified atom stereocenters. The largest absolute Gasteiger partial charge is 0.465 e. The van der Waals surface area contributed by atoms with Gasteiger partial charge in [0.1, 0.15) is 18.6 Å². The third kappa shape index (κ3) is 11.2. The lowest BCUT2D eigenvalue weighted by molar-refractivity contribution is -0.143. The van der Waals surface area contributed by atoms with Gasteiger partial charge < -0.3 is 31.7 Å². The molecule has 0 aliphatic rings. The number of hydrogen-bond acceptors (Lipinski definition) is 8. The Labute approximate surface area is 230 Å². The third-order valence-electron chi connectivity index (χ3n) is 5.45. The fraction of sp³-hybridized carbons (Fsp3) is 0.346. The SMILES string of the molecule is CCOC(=O)CNC(=O)[C@H](Cc1ccccc1)NC(=O)[C@H](Cc1ccc(N=[N+]=[N-])cc1)NC(=O)CNC(=O)CN. The number of hydrogen-bond donors (Lipinski definition) is 5. The van der Waals surface area contributed by atoms with E-state index in [-0.39, 0.29) is 32.5 Å². The van der Waals surface area contributed by atoms with Crippen LogP contribution in [0.4, 0.5) is 5.69 Å². The van der Waals surface area contributed by atoms with Crippen molar-refractivity contribution in [1.29, 1.82) is 0 Å². The van der Waals surface area contributed by atoms with E-state index in [1.165, 1.54) is 0 Å².